The highest BCUT2D eigenvalue weighted by molar-refractivity contribution is 5.90. The van der Waals surface area contributed by atoms with E-state index in [-0.39, 0.29) is 0 Å². The first-order valence-corrected chi connectivity index (χ1v) is 4.68. The number of likely N-dealkylation sites (tertiary alicyclic amines) is 1. The lowest BCUT2D eigenvalue weighted by molar-refractivity contribution is 0.0996. The summed E-state index contributed by atoms with van der Waals surface area (Å²) >= 11 is 0. The molecule has 0 saturated carbocycles. The molecule has 1 fully saturated rings. The largest absolute Gasteiger partial charge is 0.364 e. The lowest BCUT2D eigenvalue weighted by atomic mass is 10.2. The molecule has 0 radical (unpaired) electrons. The zero-order valence-corrected chi connectivity index (χ0v) is 8.18. The molecule has 76 valence electrons. The molecule has 1 amide bonds. The molecule has 0 spiro atoms. The van der Waals surface area contributed by atoms with Crippen molar-refractivity contribution in [3.63, 3.8) is 0 Å². The Labute approximate surface area is 82.5 Å². The van der Waals surface area contributed by atoms with E-state index in [0.29, 0.717) is 11.7 Å². The maximum absolute atomic E-state index is 10.8. The Balaban J connectivity index is 2.13. The molecule has 1 aromatic heterocycles. The number of hydrogen-bond acceptors (Lipinski definition) is 3. The fourth-order valence-electron chi connectivity index (χ4n) is 1.82. The van der Waals surface area contributed by atoms with Gasteiger partial charge in [0.05, 0.1) is 6.33 Å². The molecule has 2 N–H and O–H groups in total. The minimum absolute atomic E-state index is 0.347. The summed E-state index contributed by atoms with van der Waals surface area (Å²) in [4.78, 5) is 17.0. The van der Waals surface area contributed by atoms with Gasteiger partial charge in [-0.05, 0) is 20.0 Å². The SMILES string of the molecule is CN1CC[C@H](n2cnc(C(N)=O)c2)C1. The number of carbonyl (C=O) groups excluding carboxylic acids is 1. The second kappa shape index (κ2) is 3.42. The zero-order valence-electron chi connectivity index (χ0n) is 8.18. The van der Waals surface area contributed by atoms with Crippen molar-refractivity contribution in [2.75, 3.05) is 20.1 Å². The average Bonchev–Trinajstić information content (AvgIpc) is 2.70. The third-order valence-electron chi connectivity index (χ3n) is 2.64. The molecule has 1 atom stereocenters. The van der Waals surface area contributed by atoms with Gasteiger partial charge >= 0.3 is 0 Å². The lowest BCUT2D eigenvalue weighted by Crippen LogP contribution is -2.16. The first-order valence-electron chi connectivity index (χ1n) is 4.68. The molecule has 1 aromatic rings. The van der Waals surface area contributed by atoms with Gasteiger partial charge in [0, 0.05) is 18.8 Å². The molecule has 5 heteroatoms. The van der Waals surface area contributed by atoms with Crippen LogP contribution in [0.2, 0.25) is 0 Å². The van der Waals surface area contributed by atoms with Crippen molar-refractivity contribution in [1.82, 2.24) is 14.5 Å². The molecule has 0 aliphatic carbocycles. The second-order valence-corrected chi connectivity index (χ2v) is 3.78. The van der Waals surface area contributed by atoms with Gasteiger partial charge in [-0.2, -0.15) is 0 Å². The standard InChI is InChI=1S/C9H14N4O/c1-12-3-2-7(4-12)13-5-8(9(10)14)11-6-13/h5-7H,2-4H2,1H3,(H2,10,14)/t7-/m0/s1. The normalized spacial score (nSPS) is 22.8. The highest BCUT2D eigenvalue weighted by atomic mass is 16.1. The van der Waals surface area contributed by atoms with E-state index >= 15 is 0 Å². The Morgan fingerprint density at radius 1 is 1.71 bits per heavy atom. The monoisotopic (exact) mass is 194 g/mol. The first kappa shape index (κ1) is 9.21. The van der Waals surface area contributed by atoms with E-state index in [1.54, 1.807) is 12.5 Å². The van der Waals surface area contributed by atoms with Crippen LogP contribution in [0.4, 0.5) is 0 Å². The van der Waals surface area contributed by atoms with Crippen molar-refractivity contribution in [3.05, 3.63) is 18.2 Å². The minimum atomic E-state index is -0.463. The van der Waals surface area contributed by atoms with Gasteiger partial charge < -0.3 is 15.2 Å². The topological polar surface area (TPSA) is 64.2 Å². The zero-order chi connectivity index (χ0) is 10.1. The number of carbonyl (C=O) groups is 1. The van der Waals surface area contributed by atoms with E-state index in [9.17, 15) is 4.79 Å². The Hall–Kier alpha value is -1.36. The van der Waals surface area contributed by atoms with Crippen molar-refractivity contribution < 1.29 is 4.79 Å². The summed E-state index contributed by atoms with van der Waals surface area (Å²) in [5.41, 5.74) is 5.47. The number of hydrogen-bond donors (Lipinski definition) is 1. The number of amides is 1. The molecule has 14 heavy (non-hydrogen) atoms. The van der Waals surface area contributed by atoms with Crippen LogP contribution in [-0.2, 0) is 0 Å². The molecule has 0 unspecified atom stereocenters. The Bertz CT molecular complexity index is 346. The van der Waals surface area contributed by atoms with Crippen molar-refractivity contribution in [1.29, 1.82) is 0 Å². The summed E-state index contributed by atoms with van der Waals surface area (Å²) in [6.45, 7) is 2.10. The number of aromatic nitrogens is 2. The van der Waals surface area contributed by atoms with E-state index < -0.39 is 5.91 Å². The maximum atomic E-state index is 10.8. The maximum Gasteiger partial charge on any atom is 0.268 e. The van der Waals surface area contributed by atoms with Crippen molar-refractivity contribution in [3.8, 4) is 0 Å². The number of likely N-dealkylation sites (N-methyl/N-ethyl adjacent to an activating group) is 1. The highest BCUT2D eigenvalue weighted by Gasteiger charge is 2.21. The van der Waals surface area contributed by atoms with Crippen molar-refractivity contribution in [2.24, 2.45) is 5.73 Å². The molecule has 2 rings (SSSR count). The number of primary amides is 1. The number of imidazole rings is 1. The van der Waals surface area contributed by atoms with Gasteiger partial charge in [-0.15, -0.1) is 0 Å². The van der Waals surface area contributed by atoms with Crippen molar-refractivity contribution >= 4 is 5.91 Å². The van der Waals surface area contributed by atoms with E-state index in [1.165, 1.54) is 0 Å². The molecule has 1 aliphatic rings. The predicted octanol–water partition coefficient (Wildman–Crippen LogP) is -0.141. The number of rotatable bonds is 2. The van der Waals surface area contributed by atoms with Gasteiger partial charge in [0.15, 0.2) is 0 Å². The van der Waals surface area contributed by atoms with E-state index in [2.05, 4.69) is 16.9 Å². The summed E-state index contributed by atoms with van der Waals surface area (Å²) in [5.74, 6) is -0.463. The van der Waals surface area contributed by atoms with Gasteiger partial charge in [-0.3, -0.25) is 4.79 Å². The Morgan fingerprint density at radius 2 is 2.50 bits per heavy atom. The van der Waals surface area contributed by atoms with Crippen LogP contribution >= 0.6 is 0 Å². The van der Waals surface area contributed by atoms with Crippen LogP contribution in [0.25, 0.3) is 0 Å². The average molecular weight is 194 g/mol. The Morgan fingerprint density at radius 3 is 3.00 bits per heavy atom. The number of nitrogens with two attached hydrogens (primary N) is 1. The second-order valence-electron chi connectivity index (χ2n) is 3.78. The van der Waals surface area contributed by atoms with Crippen LogP contribution in [0.3, 0.4) is 0 Å². The summed E-state index contributed by atoms with van der Waals surface area (Å²) in [7, 11) is 2.09. The van der Waals surface area contributed by atoms with Gasteiger partial charge in [0.25, 0.3) is 5.91 Å². The van der Waals surface area contributed by atoms with E-state index in [0.717, 1.165) is 19.5 Å². The quantitative estimate of drug-likeness (QED) is 0.712. The van der Waals surface area contributed by atoms with Crippen LogP contribution in [0, 0.1) is 0 Å². The van der Waals surface area contributed by atoms with Crippen LogP contribution in [-0.4, -0.2) is 40.5 Å². The summed E-state index contributed by atoms with van der Waals surface area (Å²) in [5, 5.41) is 0. The third-order valence-corrected chi connectivity index (χ3v) is 2.64. The predicted molar refractivity (Wildman–Crippen MR) is 51.9 cm³/mol. The van der Waals surface area contributed by atoms with Crippen LogP contribution < -0.4 is 5.73 Å². The molecule has 1 aliphatic heterocycles. The van der Waals surface area contributed by atoms with Gasteiger partial charge in [-0.1, -0.05) is 0 Å². The molecule has 0 bridgehead atoms. The molecule has 5 nitrogen and oxygen atoms in total. The summed E-state index contributed by atoms with van der Waals surface area (Å²) in [6.07, 6.45) is 4.52. The molecule has 2 heterocycles. The highest BCUT2D eigenvalue weighted by Crippen LogP contribution is 2.19. The number of nitrogens with zero attached hydrogens (tertiary/aromatic N) is 3. The van der Waals surface area contributed by atoms with E-state index in [1.807, 2.05) is 4.57 Å². The van der Waals surface area contributed by atoms with Crippen molar-refractivity contribution in [2.45, 2.75) is 12.5 Å². The summed E-state index contributed by atoms with van der Waals surface area (Å²) in [6, 6.07) is 0.431. The molecule has 1 saturated heterocycles. The Kier molecular flexibility index (Phi) is 2.25. The smallest absolute Gasteiger partial charge is 0.268 e. The van der Waals surface area contributed by atoms with Gasteiger partial charge in [0.1, 0.15) is 5.69 Å². The van der Waals surface area contributed by atoms with Gasteiger partial charge in [-0.25, -0.2) is 4.98 Å². The molecular formula is C9H14N4O. The lowest BCUT2D eigenvalue weighted by Gasteiger charge is -2.10. The fraction of sp³-hybridized carbons (Fsp3) is 0.556. The van der Waals surface area contributed by atoms with Crippen LogP contribution in [0.1, 0.15) is 23.0 Å². The molecule has 0 aromatic carbocycles. The first-order chi connectivity index (χ1) is 6.66. The molecular weight excluding hydrogens is 180 g/mol. The third kappa shape index (κ3) is 1.63. The van der Waals surface area contributed by atoms with E-state index in [4.69, 9.17) is 5.73 Å². The minimum Gasteiger partial charge on any atom is -0.364 e. The van der Waals surface area contributed by atoms with Gasteiger partial charge in [0.2, 0.25) is 0 Å². The van der Waals surface area contributed by atoms with Crippen LogP contribution in [0.5, 0.6) is 0 Å². The fourth-order valence-corrected chi connectivity index (χ4v) is 1.82. The summed E-state index contributed by atoms with van der Waals surface area (Å²) < 4.78 is 1.98. The van der Waals surface area contributed by atoms with Crippen LogP contribution in [0.15, 0.2) is 12.5 Å².